The summed E-state index contributed by atoms with van der Waals surface area (Å²) in [5, 5.41) is 8.65. The zero-order valence-corrected chi connectivity index (χ0v) is 11.3. The molecule has 106 valence electrons. The van der Waals surface area contributed by atoms with Crippen molar-refractivity contribution in [3.05, 3.63) is 27.0 Å². The fourth-order valence-electron chi connectivity index (χ4n) is 1.31. The van der Waals surface area contributed by atoms with Gasteiger partial charge in [0.2, 0.25) is 10.0 Å². The number of carbonyl (C=O) groups is 1. The number of aromatic nitrogens is 2. The molecular weight excluding hydrogens is 278 g/mol. The molecule has 10 heteroatoms. The Morgan fingerprint density at radius 3 is 2.37 bits per heavy atom. The molecule has 0 aliphatic carbocycles. The fraction of sp³-hybridized carbons (Fsp3) is 0.444. The molecule has 19 heavy (non-hydrogen) atoms. The van der Waals surface area contributed by atoms with E-state index in [1.165, 1.54) is 7.05 Å². The van der Waals surface area contributed by atoms with Crippen LogP contribution in [0.5, 0.6) is 0 Å². The van der Waals surface area contributed by atoms with Crippen molar-refractivity contribution < 1.29 is 18.3 Å². The standard InChI is InChI=1S/C9H13N3O6S/c1-5(8(14)15)10-19(17,18)6-4-11(2)9(16)12(3)7(6)13/h4-5,10H,1-3H3,(H,14,15)/t5-/m0/s1. The van der Waals surface area contributed by atoms with Crippen LogP contribution in [0.3, 0.4) is 0 Å². The molecule has 1 rings (SSSR count). The number of sulfonamides is 1. The van der Waals surface area contributed by atoms with E-state index in [0.717, 1.165) is 24.7 Å². The van der Waals surface area contributed by atoms with Crippen LogP contribution < -0.4 is 16.0 Å². The lowest BCUT2D eigenvalue weighted by atomic mass is 10.4. The zero-order valence-electron chi connectivity index (χ0n) is 10.4. The SMILES string of the molecule is C[C@H](NS(=O)(=O)c1cn(C)c(=O)n(C)c1=O)C(=O)O. The van der Waals surface area contributed by atoms with Crippen molar-refractivity contribution in [1.29, 1.82) is 0 Å². The zero-order chi connectivity index (χ0) is 15.0. The second-order valence-electron chi connectivity index (χ2n) is 3.93. The highest BCUT2D eigenvalue weighted by atomic mass is 32.2. The van der Waals surface area contributed by atoms with Crippen LogP contribution in [0, 0.1) is 0 Å². The molecule has 0 unspecified atom stereocenters. The van der Waals surface area contributed by atoms with Gasteiger partial charge >= 0.3 is 11.7 Å². The Balaban J connectivity index is 3.43. The minimum absolute atomic E-state index is 0.625. The lowest BCUT2D eigenvalue weighted by molar-refractivity contribution is -0.138. The van der Waals surface area contributed by atoms with Crippen LogP contribution in [-0.2, 0) is 28.9 Å². The monoisotopic (exact) mass is 291 g/mol. The van der Waals surface area contributed by atoms with E-state index in [0.29, 0.717) is 4.57 Å². The number of nitrogens with zero attached hydrogens (tertiary/aromatic N) is 2. The van der Waals surface area contributed by atoms with E-state index in [-0.39, 0.29) is 0 Å². The first-order valence-corrected chi connectivity index (χ1v) is 6.58. The highest BCUT2D eigenvalue weighted by Gasteiger charge is 2.25. The maximum absolute atomic E-state index is 11.9. The molecule has 0 saturated carbocycles. The number of rotatable bonds is 4. The smallest absolute Gasteiger partial charge is 0.330 e. The Hall–Kier alpha value is -1.94. The molecule has 0 radical (unpaired) electrons. The number of nitrogens with one attached hydrogen (secondary N) is 1. The lowest BCUT2D eigenvalue weighted by Gasteiger charge is -2.11. The molecular formula is C9H13N3O6S. The quantitative estimate of drug-likeness (QED) is 0.650. The van der Waals surface area contributed by atoms with Gasteiger partial charge in [0, 0.05) is 20.3 Å². The van der Waals surface area contributed by atoms with Crippen LogP contribution in [0.15, 0.2) is 20.7 Å². The first kappa shape index (κ1) is 15.1. The Labute approximate surface area is 108 Å². The highest BCUT2D eigenvalue weighted by Crippen LogP contribution is 2.01. The van der Waals surface area contributed by atoms with Crippen LogP contribution in [-0.4, -0.2) is 34.7 Å². The van der Waals surface area contributed by atoms with Crippen molar-refractivity contribution in [1.82, 2.24) is 13.9 Å². The van der Waals surface area contributed by atoms with E-state index in [1.54, 1.807) is 0 Å². The van der Waals surface area contributed by atoms with Crippen molar-refractivity contribution in [2.75, 3.05) is 0 Å². The van der Waals surface area contributed by atoms with E-state index in [4.69, 9.17) is 5.11 Å². The topological polar surface area (TPSA) is 127 Å². The van der Waals surface area contributed by atoms with Crippen molar-refractivity contribution >= 4 is 16.0 Å². The van der Waals surface area contributed by atoms with Crippen molar-refractivity contribution in [3.63, 3.8) is 0 Å². The van der Waals surface area contributed by atoms with Crippen molar-refractivity contribution in [2.45, 2.75) is 17.9 Å². The van der Waals surface area contributed by atoms with Crippen LogP contribution in [0.4, 0.5) is 0 Å². The highest BCUT2D eigenvalue weighted by molar-refractivity contribution is 7.89. The lowest BCUT2D eigenvalue weighted by Crippen LogP contribution is -2.44. The van der Waals surface area contributed by atoms with Gasteiger partial charge in [0.1, 0.15) is 6.04 Å². The molecule has 0 spiro atoms. The van der Waals surface area contributed by atoms with Gasteiger partial charge in [-0.3, -0.25) is 14.2 Å². The van der Waals surface area contributed by atoms with E-state index >= 15 is 0 Å². The van der Waals surface area contributed by atoms with Gasteiger partial charge in [0.15, 0.2) is 4.90 Å². The third kappa shape index (κ3) is 2.90. The van der Waals surface area contributed by atoms with Crippen LogP contribution in [0.25, 0.3) is 0 Å². The first-order valence-electron chi connectivity index (χ1n) is 5.09. The average Bonchev–Trinajstić information content (AvgIpc) is 2.30. The molecule has 0 aliphatic rings. The largest absolute Gasteiger partial charge is 0.480 e. The minimum atomic E-state index is -4.32. The second kappa shape index (κ2) is 4.97. The summed E-state index contributed by atoms with van der Waals surface area (Å²) in [5.74, 6) is -1.38. The predicted molar refractivity (Wildman–Crippen MR) is 64.3 cm³/mol. The van der Waals surface area contributed by atoms with Gasteiger partial charge in [-0.2, -0.15) is 4.72 Å². The molecule has 0 saturated heterocycles. The maximum atomic E-state index is 11.9. The van der Waals surface area contributed by atoms with Crippen molar-refractivity contribution in [2.24, 2.45) is 14.1 Å². The minimum Gasteiger partial charge on any atom is -0.480 e. The summed E-state index contributed by atoms with van der Waals surface area (Å²) in [4.78, 5) is 33.1. The molecule has 0 amide bonds. The van der Waals surface area contributed by atoms with Gasteiger partial charge in [-0.05, 0) is 6.92 Å². The average molecular weight is 291 g/mol. The van der Waals surface area contributed by atoms with Gasteiger partial charge in [-0.1, -0.05) is 0 Å². The summed E-state index contributed by atoms with van der Waals surface area (Å²) in [5.41, 5.74) is -1.71. The fourth-order valence-corrected chi connectivity index (χ4v) is 2.66. The van der Waals surface area contributed by atoms with Gasteiger partial charge < -0.3 is 9.67 Å². The molecule has 0 aliphatic heterocycles. The third-order valence-corrected chi connectivity index (χ3v) is 3.93. The Kier molecular flexibility index (Phi) is 3.96. The normalized spacial score (nSPS) is 13.2. The van der Waals surface area contributed by atoms with Gasteiger partial charge in [0.25, 0.3) is 5.56 Å². The van der Waals surface area contributed by atoms with E-state index in [1.807, 2.05) is 4.72 Å². The van der Waals surface area contributed by atoms with Gasteiger partial charge in [-0.15, -0.1) is 0 Å². The first-order chi connectivity index (χ1) is 8.58. The Morgan fingerprint density at radius 1 is 1.37 bits per heavy atom. The molecule has 2 N–H and O–H groups in total. The summed E-state index contributed by atoms with van der Waals surface area (Å²) < 4.78 is 27.1. The molecule has 0 fully saturated rings. The molecule has 1 aromatic rings. The van der Waals surface area contributed by atoms with Crippen LogP contribution in [0.1, 0.15) is 6.92 Å². The second-order valence-corrected chi connectivity index (χ2v) is 5.61. The van der Waals surface area contributed by atoms with Crippen molar-refractivity contribution in [3.8, 4) is 0 Å². The summed E-state index contributed by atoms with van der Waals surface area (Å²) >= 11 is 0. The number of aryl methyl sites for hydroxylation is 1. The number of carboxylic acids is 1. The maximum Gasteiger partial charge on any atom is 0.330 e. The van der Waals surface area contributed by atoms with Crippen LogP contribution >= 0.6 is 0 Å². The molecule has 1 heterocycles. The number of carboxylic acid groups (broad SMARTS) is 1. The number of hydrogen-bond acceptors (Lipinski definition) is 5. The number of aliphatic carboxylic acids is 1. The van der Waals surface area contributed by atoms with Gasteiger partial charge in [-0.25, -0.2) is 13.2 Å². The predicted octanol–water partition coefficient (Wildman–Crippen LogP) is -2.16. The molecule has 1 atom stereocenters. The van der Waals surface area contributed by atoms with E-state index < -0.39 is 38.2 Å². The summed E-state index contributed by atoms with van der Waals surface area (Å²) in [7, 11) is -1.91. The summed E-state index contributed by atoms with van der Waals surface area (Å²) in [6.45, 7) is 1.12. The Morgan fingerprint density at radius 2 is 1.89 bits per heavy atom. The summed E-state index contributed by atoms with van der Waals surface area (Å²) in [6.07, 6.45) is 0.849. The van der Waals surface area contributed by atoms with E-state index in [9.17, 15) is 22.8 Å². The van der Waals surface area contributed by atoms with Crippen LogP contribution in [0.2, 0.25) is 0 Å². The molecule has 0 bridgehead atoms. The molecule has 9 nitrogen and oxygen atoms in total. The number of hydrogen-bond donors (Lipinski definition) is 2. The third-order valence-electron chi connectivity index (χ3n) is 2.41. The van der Waals surface area contributed by atoms with E-state index in [2.05, 4.69) is 0 Å². The molecule has 0 aromatic carbocycles. The Bertz CT molecular complexity index is 729. The molecule has 1 aromatic heterocycles. The summed E-state index contributed by atoms with van der Waals surface area (Å²) in [6, 6.07) is -1.40. The van der Waals surface area contributed by atoms with Gasteiger partial charge in [0.05, 0.1) is 0 Å².